The molecule has 0 bridgehead atoms. The zero-order valence-electron chi connectivity index (χ0n) is 5.89. The van der Waals surface area contributed by atoms with Crippen molar-refractivity contribution in [3.8, 4) is 0 Å². The number of nitrogens with one attached hydrogen (secondary N) is 1. The van der Waals surface area contributed by atoms with Gasteiger partial charge in [-0.1, -0.05) is 11.6 Å². The second-order valence-corrected chi connectivity index (χ2v) is 3.52. The summed E-state index contributed by atoms with van der Waals surface area (Å²) < 4.78 is 0. The molecule has 0 radical (unpaired) electrons. The van der Waals surface area contributed by atoms with Crippen LogP contribution in [0.15, 0.2) is 5.38 Å². The fourth-order valence-electron chi connectivity index (χ4n) is 0.567. The molecule has 2 nitrogen and oxygen atoms in total. The van der Waals surface area contributed by atoms with Gasteiger partial charge in [-0.3, -0.25) is 0 Å². The van der Waals surface area contributed by atoms with Crippen LogP contribution in [0.3, 0.4) is 0 Å². The van der Waals surface area contributed by atoms with Crippen molar-refractivity contribution in [3.05, 3.63) is 10.5 Å². The van der Waals surface area contributed by atoms with Crippen LogP contribution in [0, 0.1) is 0 Å². The van der Waals surface area contributed by atoms with Crippen molar-refractivity contribution in [1.29, 1.82) is 0 Å². The van der Waals surface area contributed by atoms with Crippen molar-refractivity contribution >= 4 is 28.1 Å². The molecule has 0 fully saturated rings. The molecule has 1 rings (SSSR count). The standard InChI is InChI=1S/C6H9ClN2S/c1-4(2)8-6-9-5(7)3-10-6/h3-4H,1-2H3,(H,8,9). The van der Waals surface area contributed by atoms with Crippen molar-refractivity contribution in [3.63, 3.8) is 0 Å². The normalized spacial score (nSPS) is 10.4. The quantitative estimate of drug-likeness (QED) is 0.750. The lowest BCUT2D eigenvalue weighted by Crippen LogP contribution is -2.08. The maximum Gasteiger partial charge on any atom is 0.184 e. The first-order valence-electron chi connectivity index (χ1n) is 3.06. The van der Waals surface area contributed by atoms with Crippen molar-refractivity contribution in [2.45, 2.75) is 19.9 Å². The number of anilines is 1. The Morgan fingerprint density at radius 3 is 2.80 bits per heavy atom. The second-order valence-electron chi connectivity index (χ2n) is 2.27. The highest BCUT2D eigenvalue weighted by molar-refractivity contribution is 7.14. The number of aromatic nitrogens is 1. The van der Waals surface area contributed by atoms with Crippen molar-refractivity contribution in [2.24, 2.45) is 0 Å². The third-order valence-electron chi connectivity index (χ3n) is 0.888. The average molecular weight is 177 g/mol. The van der Waals surface area contributed by atoms with Crippen LogP contribution in [0.1, 0.15) is 13.8 Å². The molecule has 0 aromatic carbocycles. The Bertz CT molecular complexity index is 209. The van der Waals surface area contributed by atoms with Gasteiger partial charge >= 0.3 is 0 Å². The van der Waals surface area contributed by atoms with Gasteiger partial charge in [-0.2, -0.15) is 0 Å². The van der Waals surface area contributed by atoms with Crippen LogP contribution in [0.4, 0.5) is 5.13 Å². The minimum absolute atomic E-state index is 0.419. The SMILES string of the molecule is CC(C)Nc1nc(Cl)cs1. The van der Waals surface area contributed by atoms with Crippen molar-refractivity contribution in [1.82, 2.24) is 4.98 Å². The Labute approximate surface area is 69.2 Å². The molecule has 10 heavy (non-hydrogen) atoms. The lowest BCUT2D eigenvalue weighted by atomic mass is 10.4. The smallest absolute Gasteiger partial charge is 0.184 e. The number of hydrogen-bond donors (Lipinski definition) is 1. The van der Waals surface area contributed by atoms with Gasteiger partial charge in [-0.15, -0.1) is 11.3 Å². The van der Waals surface area contributed by atoms with Crippen LogP contribution in [0.2, 0.25) is 5.15 Å². The van der Waals surface area contributed by atoms with Gasteiger partial charge in [0, 0.05) is 11.4 Å². The molecule has 56 valence electrons. The van der Waals surface area contributed by atoms with Crippen LogP contribution in [0.25, 0.3) is 0 Å². The molecule has 1 heterocycles. The summed E-state index contributed by atoms with van der Waals surface area (Å²) in [5.74, 6) is 0. The molecule has 0 spiro atoms. The summed E-state index contributed by atoms with van der Waals surface area (Å²) in [6.07, 6.45) is 0. The first-order chi connectivity index (χ1) is 4.68. The van der Waals surface area contributed by atoms with Crippen LogP contribution < -0.4 is 5.32 Å². The summed E-state index contributed by atoms with van der Waals surface area (Å²) in [5.41, 5.74) is 0. The van der Waals surface area contributed by atoms with Crippen LogP contribution in [-0.4, -0.2) is 11.0 Å². The van der Waals surface area contributed by atoms with E-state index in [-0.39, 0.29) is 0 Å². The predicted molar refractivity (Wildman–Crippen MR) is 45.9 cm³/mol. The lowest BCUT2D eigenvalue weighted by Gasteiger charge is -2.03. The largest absolute Gasteiger partial charge is 0.359 e. The Morgan fingerprint density at radius 2 is 2.40 bits per heavy atom. The highest BCUT2D eigenvalue weighted by Crippen LogP contribution is 2.19. The zero-order chi connectivity index (χ0) is 7.56. The van der Waals surface area contributed by atoms with Gasteiger partial charge in [-0.25, -0.2) is 4.98 Å². The number of rotatable bonds is 2. The Balaban J connectivity index is 2.58. The molecule has 0 saturated carbocycles. The van der Waals surface area contributed by atoms with E-state index in [0.29, 0.717) is 11.2 Å². The van der Waals surface area contributed by atoms with E-state index in [1.807, 2.05) is 5.38 Å². The molecule has 1 aromatic heterocycles. The third-order valence-corrected chi connectivity index (χ3v) is 1.98. The van der Waals surface area contributed by atoms with E-state index in [1.54, 1.807) is 0 Å². The van der Waals surface area contributed by atoms with Gasteiger partial charge in [0.1, 0.15) is 5.15 Å². The number of nitrogens with zero attached hydrogens (tertiary/aromatic N) is 1. The molecular formula is C6H9ClN2S. The fourth-order valence-corrected chi connectivity index (χ4v) is 1.55. The summed E-state index contributed by atoms with van der Waals surface area (Å²) in [7, 11) is 0. The minimum atomic E-state index is 0.419. The average Bonchev–Trinajstić information content (AvgIpc) is 2.13. The molecule has 1 N–H and O–H groups in total. The van der Waals surface area contributed by atoms with E-state index >= 15 is 0 Å². The second kappa shape index (κ2) is 3.21. The molecule has 0 aliphatic heterocycles. The van der Waals surface area contributed by atoms with Crippen LogP contribution in [0.5, 0.6) is 0 Å². The lowest BCUT2D eigenvalue weighted by molar-refractivity contribution is 0.896. The summed E-state index contributed by atoms with van der Waals surface area (Å²) in [5, 5.41) is 6.41. The molecule has 0 aliphatic carbocycles. The first kappa shape index (κ1) is 7.82. The van der Waals surface area contributed by atoms with Gasteiger partial charge in [0.25, 0.3) is 0 Å². The maximum atomic E-state index is 5.60. The van der Waals surface area contributed by atoms with E-state index < -0.39 is 0 Å². The van der Waals surface area contributed by atoms with Gasteiger partial charge < -0.3 is 5.32 Å². The molecule has 0 aliphatic rings. The van der Waals surface area contributed by atoms with Gasteiger partial charge in [-0.05, 0) is 13.8 Å². The third kappa shape index (κ3) is 2.15. The number of thiazole rings is 1. The highest BCUT2D eigenvalue weighted by atomic mass is 35.5. The van der Waals surface area contributed by atoms with Gasteiger partial charge in [0.15, 0.2) is 5.13 Å². The monoisotopic (exact) mass is 176 g/mol. The molecule has 0 atom stereocenters. The predicted octanol–water partition coefficient (Wildman–Crippen LogP) is 2.62. The van der Waals surface area contributed by atoms with E-state index in [9.17, 15) is 0 Å². The molecule has 0 saturated heterocycles. The highest BCUT2D eigenvalue weighted by Gasteiger charge is 1.99. The molecule has 0 unspecified atom stereocenters. The molecule has 0 amide bonds. The van der Waals surface area contributed by atoms with Gasteiger partial charge in [0.05, 0.1) is 0 Å². The Morgan fingerprint density at radius 1 is 1.70 bits per heavy atom. The van der Waals surface area contributed by atoms with Gasteiger partial charge in [0.2, 0.25) is 0 Å². The summed E-state index contributed by atoms with van der Waals surface area (Å²) in [6, 6.07) is 0.419. The van der Waals surface area contributed by atoms with Crippen molar-refractivity contribution in [2.75, 3.05) is 5.32 Å². The fraction of sp³-hybridized carbons (Fsp3) is 0.500. The number of halogens is 1. The molecule has 4 heteroatoms. The molecule has 1 aromatic rings. The summed E-state index contributed by atoms with van der Waals surface area (Å²) in [6.45, 7) is 4.13. The summed E-state index contributed by atoms with van der Waals surface area (Å²) >= 11 is 7.13. The van der Waals surface area contributed by atoms with E-state index in [4.69, 9.17) is 11.6 Å². The zero-order valence-corrected chi connectivity index (χ0v) is 7.46. The molecular weight excluding hydrogens is 168 g/mol. The topological polar surface area (TPSA) is 24.9 Å². The summed E-state index contributed by atoms with van der Waals surface area (Å²) in [4.78, 5) is 4.02. The Hall–Kier alpha value is -0.280. The van der Waals surface area contributed by atoms with E-state index in [0.717, 1.165) is 5.13 Å². The Kier molecular flexibility index (Phi) is 2.51. The van der Waals surface area contributed by atoms with Crippen molar-refractivity contribution < 1.29 is 0 Å². The first-order valence-corrected chi connectivity index (χ1v) is 4.32. The van der Waals surface area contributed by atoms with Crippen LogP contribution >= 0.6 is 22.9 Å². The van der Waals surface area contributed by atoms with E-state index in [2.05, 4.69) is 24.1 Å². The van der Waals surface area contributed by atoms with Crippen LogP contribution in [-0.2, 0) is 0 Å². The van der Waals surface area contributed by atoms with E-state index in [1.165, 1.54) is 11.3 Å². The minimum Gasteiger partial charge on any atom is -0.359 e. The maximum absolute atomic E-state index is 5.60. The number of hydrogen-bond acceptors (Lipinski definition) is 3.